The highest BCUT2D eigenvalue weighted by atomic mass is 19.2. The zero-order valence-corrected chi connectivity index (χ0v) is 17.9. The second-order valence-electron chi connectivity index (χ2n) is 7.73. The quantitative estimate of drug-likeness (QED) is 0.247. The predicted molar refractivity (Wildman–Crippen MR) is 115 cm³/mol. The summed E-state index contributed by atoms with van der Waals surface area (Å²) < 4.78 is 66.1. The maximum Gasteiger partial charge on any atom is 0.192 e. The van der Waals surface area contributed by atoms with Gasteiger partial charge in [0, 0.05) is 29.0 Å². The van der Waals surface area contributed by atoms with Gasteiger partial charge in [0.25, 0.3) is 0 Å². The number of halogens is 4. The fourth-order valence-electron chi connectivity index (χ4n) is 4.29. The molecule has 1 aliphatic rings. The van der Waals surface area contributed by atoms with Gasteiger partial charge in [-0.05, 0) is 36.2 Å². The summed E-state index contributed by atoms with van der Waals surface area (Å²) in [4.78, 5) is 13.4. The molecule has 0 saturated heterocycles. The van der Waals surface area contributed by atoms with Crippen molar-refractivity contribution >= 4 is 5.78 Å². The molecule has 0 heterocycles. The van der Waals surface area contributed by atoms with Crippen molar-refractivity contribution in [1.82, 2.24) is 0 Å². The topological polar surface area (TPSA) is 35.5 Å². The van der Waals surface area contributed by atoms with Crippen molar-refractivity contribution in [2.45, 2.75) is 18.3 Å². The Morgan fingerprint density at radius 1 is 0.879 bits per heavy atom. The van der Waals surface area contributed by atoms with Crippen LogP contribution in [0.4, 0.5) is 17.6 Å². The molecule has 3 nitrogen and oxygen atoms in total. The third-order valence-corrected chi connectivity index (χ3v) is 5.87. The largest absolute Gasteiger partial charge is 0.493 e. The second-order valence-corrected chi connectivity index (χ2v) is 7.73. The number of carbonyl (C=O) groups excluding carboxylic acids is 1. The van der Waals surface area contributed by atoms with Crippen molar-refractivity contribution in [3.05, 3.63) is 106 Å². The highest BCUT2D eigenvalue weighted by Gasteiger charge is 2.36. The van der Waals surface area contributed by atoms with Crippen LogP contribution in [0.1, 0.15) is 39.7 Å². The molecule has 2 atom stereocenters. The van der Waals surface area contributed by atoms with Crippen molar-refractivity contribution in [3.63, 3.8) is 0 Å². The molecule has 170 valence electrons. The monoisotopic (exact) mass is 456 g/mol. The molecule has 33 heavy (non-hydrogen) atoms. The number of carbonyl (C=O) groups is 1. The van der Waals surface area contributed by atoms with Gasteiger partial charge >= 0.3 is 0 Å². The number of allylic oxidation sites excluding steroid dienone is 2. The standard InChI is InChI=1S/C26H20F4O3/c1-32-24-5-3-4-17(26(24)33-2)18-10-15(14-6-8-16(27)9-7-14)11-19(18)25(31)20-12-22(29)23(30)13-21(20)28/h3-9,11-13,15,18H,10H2,1-2H3. The lowest BCUT2D eigenvalue weighted by Gasteiger charge is -2.20. The fourth-order valence-corrected chi connectivity index (χ4v) is 4.29. The first kappa shape index (κ1) is 22.6. The molecule has 1 aliphatic carbocycles. The third kappa shape index (κ3) is 4.23. The van der Waals surface area contributed by atoms with E-state index in [1.54, 1.807) is 36.4 Å². The molecule has 0 amide bonds. The lowest BCUT2D eigenvalue weighted by molar-refractivity contribution is 0.102. The summed E-state index contributed by atoms with van der Waals surface area (Å²) in [6, 6.07) is 12.0. The van der Waals surface area contributed by atoms with Gasteiger partial charge < -0.3 is 9.47 Å². The second kappa shape index (κ2) is 9.10. The number of ketones is 1. The lowest BCUT2D eigenvalue weighted by Crippen LogP contribution is -2.13. The Balaban J connectivity index is 1.84. The molecule has 0 bridgehead atoms. The minimum absolute atomic E-state index is 0.209. The molecule has 4 rings (SSSR count). The van der Waals surface area contributed by atoms with Crippen LogP contribution in [0.2, 0.25) is 0 Å². The number of hydrogen-bond acceptors (Lipinski definition) is 3. The Morgan fingerprint density at radius 3 is 2.24 bits per heavy atom. The predicted octanol–water partition coefficient (Wildman–Crippen LogP) is 6.34. The van der Waals surface area contributed by atoms with Crippen molar-refractivity contribution in [1.29, 1.82) is 0 Å². The average molecular weight is 456 g/mol. The minimum Gasteiger partial charge on any atom is -0.493 e. The van der Waals surface area contributed by atoms with Gasteiger partial charge in [-0.25, -0.2) is 17.6 Å². The number of hydrogen-bond donors (Lipinski definition) is 0. The van der Waals surface area contributed by atoms with E-state index < -0.39 is 40.5 Å². The molecule has 0 aromatic heterocycles. The van der Waals surface area contributed by atoms with E-state index in [0.29, 0.717) is 35.6 Å². The number of benzene rings is 3. The van der Waals surface area contributed by atoms with Gasteiger partial charge in [-0.1, -0.05) is 30.3 Å². The average Bonchev–Trinajstić information content (AvgIpc) is 3.26. The van der Waals surface area contributed by atoms with Crippen molar-refractivity contribution in [2.24, 2.45) is 0 Å². The van der Waals surface area contributed by atoms with E-state index in [-0.39, 0.29) is 11.5 Å². The minimum atomic E-state index is -1.38. The number of Topliss-reactive ketones (excluding diaryl/α,β-unsaturated/α-hetero) is 1. The fraction of sp³-hybridized carbons (Fsp3) is 0.192. The van der Waals surface area contributed by atoms with E-state index in [4.69, 9.17) is 9.47 Å². The molecule has 0 aliphatic heterocycles. The first-order valence-electron chi connectivity index (χ1n) is 10.2. The highest BCUT2D eigenvalue weighted by molar-refractivity contribution is 6.10. The van der Waals surface area contributed by atoms with Crippen LogP contribution in [0.3, 0.4) is 0 Å². The number of methoxy groups -OCH3 is 2. The smallest absolute Gasteiger partial charge is 0.192 e. The molecule has 0 saturated carbocycles. The van der Waals surface area contributed by atoms with Gasteiger partial charge in [0.2, 0.25) is 0 Å². The summed E-state index contributed by atoms with van der Waals surface area (Å²) >= 11 is 0. The van der Waals surface area contributed by atoms with Crippen LogP contribution >= 0.6 is 0 Å². The molecule has 3 aromatic rings. The van der Waals surface area contributed by atoms with Crippen LogP contribution < -0.4 is 9.47 Å². The van der Waals surface area contributed by atoms with Gasteiger partial charge in [0.05, 0.1) is 19.8 Å². The number of ether oxygens (including phenoxy) is 2. The van der Waals surface area contributed by atoms with Crippen LogP contribution in [0.5, 0.6) is 11.5 Å². The maximum atomic E-state index is 14.5. The molecule has 0 spiro atoms. The Morgan fingerprint density at radius 2 is 1.58 bits per heavy atom. The van der Waals surface area contributed by atoms with Crippen LogP contribution in [-0.2, 0) is 0 Å². The molecule has 0 radical (unpaired) electrons. The molecule has 0 N–H and O–H groups in total. The summed E-state index contributed by atoms with van der Waals surface area (Å²) in [5.41, 5.74) is 1.04. The van der Waals surface area contributed by atoms with E-state index in [1.165, 1.54) is 26.4 Å². The first-order valence-corrected chi connectivity index (χ1v) is 10.2. The third-order valence-electron chi connectivity index (χ3n) is 5.87. The van der Waals surface area contributed by atoms with E-state index in [1.807, 2.05) is 0 Å². The van der Waals surface area contributed by atoms with E-state index in [9.17, 15) is 22.4 Å². The summed E-state index contributed by atoms with van der Waals surface area (Å²) in [7, 11) is 2.95. The van der Waals surface area contributed by atoms with Gasteiger partial charge in [-0.2, -0.15) is 0 Å². The Bertz CT molecular complexity index is 1240. The zero-order chi connectivity index (χ0) is 23.7. The summed E-state index contributed by atoms with van der Waals surface area (Å²) in [5, 5.41) is 0. The van der Waals surface area contributed by atoms with Gasteiger partial charge in [0.1, 0.15) is 11.6 Å². The van der Waals surface area contributed by atoms with Crippen molar-refractivity contribution in [3.8, 4) is 11.5 Å². The molecule has 3 aromatic carbocycles. The maximum absolute atomic E-state index is 14.5. The number of rotatable bonds is 6. The van der Waals surface area contributed by atoms with Crippen LogP contribution in [0.15, 0.2) is 66.2 Å². The van der Waals surface area contributed by atoms with Crippen LogP contribution in [0, 0.1) is 23.3 Å². The summed E-state index contributed by atoms with van der Waals surface area (Å²) in [5.74, 6) is -4.98. The first-order chi connectivity index (χ1) is 15.8. The SMILES string of the molecule is COc1cccc(C2CC(c3ccc(F)cc3)C=C2C(=O)c2cc(F)c(F)cc2F)c1OC. The molecule has 0 fully saturated rings. The normalized spacial score (nSPS) is 17.6. The summed E-state index contributed by atoms with van der Waals surface area (Å²) in [6.07, 6.45) is 2.07. The van der Waals surface area contributed by atoms with Gasteiger partial charge in [0.15, 0.2) is 28.9 Å². The zero-order valence-electron chi connectivity index (χ0n) is 17.9. The van der Waals surface area contributed by atoms with Crippen LogP contribution in [-0.4, -0.2) is 20.0 Å². The van der Waals surface area contributed by atoms with E-state index in [2.05, 4.69) is 0 Å². The molecule has 7 heteroatoms. The van der Waals surface area contributed by atoms with Gasteiger partial charge in [-0.15, -0.1) is 0 Å². The Labute approximate surface area is 188 Å². The van der Waals surface area contributed by atoms with Crippen LogP contribution in [0.25, 0.3) is 0 Å². The lowest BCUT2D eigenvalue weighted by atomic mass is 9.86. The summed E-state index contributed by atoms with van der Waals surface area (Å²) in [6.45, 7) is 0. The highest BCUT2D eigenvalue weighted by Crippen LogP contribution is 2.48. The van der Waals surface area contributed by atoms with E-state index >= 15 is 0 Å². The molecular formula is C26H20F4O3. The van der Waals surface area contributed by atoms with E-state index in [0.717, 1.165) is 5.56 Å². The van der Waals surface area contributed by atoms with Gasteiger partial charge in [-0.3, -0.25) is 4.79 Å². The molecule has 2 unspecified atom stereocenters. The Kier molecular flexibility index (Phi) is 6.22. The van der Waals surface area contributed by atoms with Crippen molar-refractivity contribution in [2.75, 3.05) is 14.2 Å². The van der Waals surface area contributed by atoms with Crippen molar-refractivity contribution < 1.29 is 31.8 Å². The molecular weight excluding hydrogens is 436 g/mol. The Hall–Kier alpha value is -3.61. The number of para-hydroxylation sites is 1.